The highest BCUT2D eigenvalue weighted by atomic mass is 16.6. The summed E-state index contributed by atoms with van der Waals surface area (Å²) in [5.41, 5.74) is 6.80. The van der Waals surface area contributed by atoms with E-state index in [0.717, 1.165) is 51.2 Å². The van der Waals surface area contributed by atoms with Gasteiger partial charge in [-0.25, -0.2) is 4.79 Å². The van der Waals surface area contributed by atoms with Gasteiger partial charge in [-0.1, -0.05) is 36.4 Å². The Kier molecular flexibility index (Phi) is 5.16. The maximum Gasteiger partial charge on any atom is 0.340 e. The summed E-state index contributed by atoms with van der Waals surface area (Å²) in [6, 6.07) is 22.8. The smallest absolute Gasteiger partial charge is 0.340 e. The molecule has 0 saturated heterocycles. The highest BCUT2D eigenvalue weighted by Crippen LogP contribution is 2.51. The van der Waals surface area contributed by atoms with Crippen LogP contribution in [0.5, 0.6) is 0 Å². The summed E-state index contributed by atoms with van der Waals surface area (Å²) < 4.78 is 8.80. The lowest BCUT2D eigenvalue weighted by Crippen LogP contribution is -2.30. The lowest BCUT2D eigenvalue weighted by atomic mass is 9.78. The molecule has 5 heteroatoms. The van der Waals surface area contributed by atoms with Crippen molar-refractivity contribution in [3.8, 4) is 0 Å². The molecule has 1 atom stereocenters. The lowest BCUT2D eigenvalue weighted by molar-refractivity contribution is 0.0253. The van der Waals surface area contributed by atoms with Crippen molar-refractivity contribution in [3.05, 3.63) is 94.7 Å². The van der Waals surface area contributed by atoms with Crippen molar-refractivity contribution < 1.29 is 9.53 Å². The zero-order chi connectivity index (χ0) is 24.2. The molecule has 0 spiro atoms. The van der Waals surface area contributed by atoms with Gasteiger partial charge >= 0.3 is 5.97 Å². The molecule has 1 aromatic heterocycles. The molecule has 0 saturated carbocycles. The van der Waals surface area contributed by atoms with Gasteiger partial charge < -0.3 is 19.1 Å². The van der Waals surface area contributed by atoms with Crippen LogP contribution in [0.1, 0.15) is 39.7 Å². The van der Waals surface area contributed by atoms with Gasteiger partial charge in [0, 0.05) is 79.4 Å². The summed E-state index contributed by atoms with van der Waals surface area (Å²) in [7, 11) is 8.01. The molecule has 5 nitrogen and oxygen atoms in total. The van der Waals surface area contributed by atoms with Gasteiger partial charge in [0.25, 0.3) is 0 Å². The van der Waals surface area contributed by atoms with Gasteiger partial charge in [0.05, 0.1) is 5.56 Å². The first-order valence-electron chi connectivity index (χ1n) is 11.7. The molecule has 0 amide bonds. The Labute approximate surface area is 201 Å². The van der Waals surface area contributed by atoms with Gasteiger partial charge in [0.1, 0.15) is 0 Å². The first kappa shape index (κ1) is 22.1. The molecular formula is C29H31N3O2. The number of carbonyl (C=O) groups is 1. The van der Waals surface area contributed by atoms with Gasteiger partial charge in [-0.05, 0) is 44.2 Å². The standard InChI is InChI=1S/C29H31N3O2/c1-7-32-19(2)27(23-10-8-9-11-26(23)32)29(20-12-14-21(15-13-20)30(3)4)25-17-16-22(31(5)6)18-24(25)28(33)34-29/h8-18H,7H2,1-6H3. The Balaban J connectivity index is 1.88. The first-order chi connectivity index (χ1) is 16.3. The summed E-state index contributed by atoms with van der Waals surface area (Å²) in [6.07, 6.45) is 0. The minimum Gasteiger partial charge on any atom is -0.440 e. The maximum absolute atomic E-state index is 13.4. The molecular weight excluding hydrogens is 422 g/mol. The predicted octanol–water partition coefficient (Wildman–Crippen LogP) is 5.56. The van der Waals surface area contributed by atoms with Crippen LogP contribution in [0.25, 0.3) is 10.9 Å². The zero-order valence-corrected chi connectivity index (χ0v) is 20.7. The average Bonchev–Trinajstić information content (AvgIpc) is 3.29. The number of aryl methyl sites for hydroxylation is 1. The van der Waals surface area contributed by atoms with Crippen LogP contribution in [-0.4, -0.2) is 38.7 Å². The Morgan fingerprint density at radius 3 is 2.18 bits per heavy atom. The number of hydrogen-bond acceptors (Lipinski definition) is 4. The van der Waals surface area contributed by atoms with Crippen LogP contribution in [-0.2, 0) is 16.9 Å². The molecule has 1 unspecified atom stereocenters. The fraction of sp³-hybridized carbons (Fsp3) is 0.276. The monoisotopic (exact) mass is 453 g/mol. The van der Waals surface area contributed by atoms with Crippen LogP contribution < -0.4 is 9.80 Å². The molecule has 174 valence electrons. The molecule has 2 heterocycles. The number of fused-ring (bicyclic) bond motifs is 2. The van der Waals surface area contributed by atoms with E-state index in [1.807, 2.05) is 39.2 Å². The number of cyclic esters (lactones) is 1. The second kappa shape index (κ2) is 7.94. The van der Waals surface area contributed by atoms with Gasteiger partial charge in [-0.2, -0.15) is 0 Å². The molecule has 1 aliphatic heterocycles. The van der Waals surface area contributed by atoms with E-state index >= 15 is 0 Å². The molecule has 0 aliphatic carbocycles. The molecule has 0 bridgehead atoms. The van der Waals surface area contributed by atoms with Crippen LogP contribution in [0.15, 0.2) is 66.7 Å². The predicted molar refractivity (Wildman–Crippen MR) is 139 cm³/mol. The van der Waals surface area contributed by atoms with Crippen molar-refractivity contribution in [2.75, 3.05) is 38.0 Å². The van der Waals surface area contributed by atoms with E-state index in [9.17, 15) is 4.79 Å². The molecule has 0 fully saturated rings. The quantitative estimate of drug-likeness (QED) is 0.371. The molecule has 1 aliphatic rings. The Bertz CT molecular complexity index is 1400. The molecule has 0 radical (unpaired) electrons. The number of aromatic nitrogens is 1. The van der Waals surface area contributed by atoms with Crippen molar-refractivity contribution in [2.45, 2.75) is 26.0 Å². The van der Waals surface area contributed by atoms with Crippen LogP contribution >= 0.6 is 0 Å². The van der Waals surface area contributed by atoms with E-state index in [4.69, 9.17) is 4.74 Å². The van der Waals surface area contributed by atoms with Crippen LogP contribution in [0.2, 0.25) is 0 Å². The van der Waals surface area contributed by atoms with Crippen molar-refractivity contribution in [2.24, 2.45) is 0 Å². The van der Waals surface area contributed by atoms with Crippen LogP contribution in [0.4, 0.5) is 11.4 Å². The fourth-order valence-electron chi connectivity index (χ4n) is 5.36. The number of hydrogen-bond donors (Lipinski definition) is 0. The second-order valence-corrected chi connectivity index (χ2v) is 9.36. The SMILES string of the molecule is CCn1c(C)c(C2(c3ccc(N(C)C)cc3)OC(=O)c3cc(N(C)C)ccc32)c2ccccc21. The van der Waals surface area contributed by atoms with Gasteiger partial charge in [-0.3, -0.25) is 0 Å². The third-order valence-electron chi connectivity index (χ3n) is 7.05. The Hall–Kier alpha value is -3.73. The third kappa shape index (κ3) is 3.03. The largest absolute Gasteiger partial charge is 0.440 e. The van der Waals surface area contributed by atoms with E-state index in [2.05, 4.69) is 84.0 Å². The van der Waals surface area contributed by atoms with Crippen molar-refractivity contribution in [1.82, 2.24) is 4.57 Å². The van der Waals surface area contributed by atoms with E-state index in [0.29, 0.717) is 5.56 Å². The zero-order valence-electron chi connectivity index (χ0n) is 20.7. The highest BCUT2D eigenvalue weighted by molar-refractivity contribution is 5.99. The topological polar surface area (TPSA) is 37.7 Å². The number of ether oxygens (including phenoxy) is 1. The molecule has 0 N–H and O–H groups in total. The molecule has 3 aromatic carbocycles. The molecule has 34 heavy (non-hydrogen) atoms. The molecule has 5 rings (SSSR count). The normalized spacial score (nSPS) is 17.1. The summed E-state index contributed by atoms with van der Waals surface area (Å²) in [5, 5.41) is 1.11. The minimum absolute atomic E-state index is 0.289. The van der Waals surface area contributed by atoms with E-state index in [1.54, 1.807) is 0 Å². The van der Waals surface area contributed by atoms with E-state index in [1.165, 1.54) is 0 Å². The summed E-state index contributed by atoms with van der Waals surface area (Å²) >= 11 is 0. The van der Waals surface area contributed by atoms with Gasteiger partial charge in [-0.15, -0.1) is 0 Å². The summed E-state index contributed by atoms with van der Waals surface area (Å²) in [5.74, 6) is -0.289. The molecule has 4 aromatic rings. The summed E-state index contributed by atoms with van der Waals surface area (Å²) in [6.45, 7) is 5.12. The van der Waals surface area contributed by atoms with E-state index in [-0.39, 0.29) is 5.97 Å². The van der Waals surface area contributed by atoms with Crippen LogP contribution in [0, 0.1) is 6.92 Å². The average molecular weight is 454 g/mol. The number of benzene rings is 3. The highest BCUT2D eigenvalue weighted by Gasteiger charge is 2.51. The Morgan fingerprint density at radius 2 is 1.53 bits per heavy atom. The number of carbonyl (C=O) groups excluding carboxylic acids is 1. The van der Waals surface area contributed by atoms with Gasteiger partial charge in [0.2, 0.25) is 0 Å². The number of anilines is 2. The number of esters is 1. The number of rotatable bonds is 5. The first-order valence-corrected chi connectivity index (χ1v) is 11.7. The minimum atomic E-state index is -1.02. The fourth-order valence-corrected chi connectivity index (χ4v) is 5.36. The summed E-state index contributed by atoms with van der Waals surface area (Å²) in [4.78, 5) is 17.5. The Morgan fingerprint density at radius 1 is 0.882 bits per heavy atom. The van der Waals surface area contributed by atoms with E-state index < -0.39 is 5.60 Å². The van der Waals surface area contributed by atoms with Crippen molar-refractivity contribution in [3.63, 3.8) is 0 Å². The van der Waals surface area contributed by atoms with Gasteiger partial charge in [0.15, 0.2) is 5.60 Å². The van der Waals surface area contributed by atoms with Crippen molar-refractivity contribution in [1.29, 1.82) is 0 Å². The van der Waals surface area contributed by atoms with Crippen molar-refractivity contribution >= 4 is 28.2 Å². The second-order valence-electron chi connectivity index (χ2n) is 9.36. The maximum atomic E-state index is 13.4. The lowest BCUT2D eigenvalue weighted by Gasteiger charge is -2.31. The third-order valence-corrected chi connectivity index (χ3v) is 7.05. The number of para-hydroxylation sites is 1. The number of nitrogens with zero attached hydrogens (tertiary/aromatic N) is 3. The van der Waals surface area contributed by atoms with Crippen LogP contribution in [0.3, 0.4) is 0 Å².